The number of halogens is 4. The zero-order valence-corrected chi connectivity index (χ0v) is 13.6. The van der Waals surface area contributed by atoms with Gasteiger partial charge in [-0.25, -0.2) is 8.42 Å². The summed E-state index contributed by atoms with van der Waals surface area (Å²) in [6.45, 7) is 3.35. The molecule has 1 aliphatic rings. The molecule has 1 aliphatic heterocycles. The summed E-state index contributed by atoms with van der Waals surface area (Å²) in [5, 5.41) is 3.09. The minimum atomic E-state index is -4.47. The summed E-state index contributed by atoms with van der Waals surface area (Å²) in [4.78, 5) is -0.0580. The van der Waals surface area contributed by atoms with Crippen LogP contribution in [-0.4, -0.2) is 38.9 Å². The van der Waals surface area contributed by atoms with Gasteiger partial charge in [-0.15, -0.1) is 12.4 Å². The maximum absolute atomic E-state index is 12.6. The van der Waals surface area contributed by atoms with E-state index in [0.717, 1.165) is 24.7 Å². The predicted octanol–water partition coefficient (Wildman–Crippen LogP) is 2.42. The average molecular weight is 359 g/mol. The molecule has 0 atom stereocenters. The molecule has 0 saturated carbocycles. The van der Waals surface area contributed by atoms with E-state index in [1.165, 1.54) is 11.2 Å². The zero-order chi connectivity index (χ0) is 15.7. The van der Waals surface area contributed by atoms with Crippen molar-refractivity contribution in [3.05, 3.63) is 29.3 Å². The maximum atomic E-state index is 12.6. The first kappa shape index (κ1) is 19.2. The second-order valence-electron chi connectivity index (χ2n) is 4.99. The molecule has 0 unspecified atom stereocenters. The van der Waals surface area contributed by atoms with Crippen molar-refractivity contribution in [1.29, 1.82) is 0 Å². The second-order valence-corrected chi connectivity index (χ2v) is 6.89. The van der Waals surface area contributed by atoms with Crippen molar-refractivity contribution in [3.8, 4) is 0 Å². The molecule has 1 saturated heterocycles. The first-order valence-electron chi connectivity index (χ1n) is 6.61. The van der Waals surface area contributed by atoms with E-state index in [4.69, 9.17) is 0 Å². The fraction of sp³-hybridized carbons (Fsp3) is 0.538. The Morgan fingerprint density at radius 3 is 2.45 bits per heavy atom. The molecule has 4 nitrogen and oxygen atoms in total. The molecule has 0 bridgehead atoms. The topological polar surface area (TPSA) is 49.4 Å². The van der Waals surface area contributed by atoms with Crippen LogP contribution >= 0.6 is 12.4 Å². The first-order chi connectivity index (χ1) is 9.73. The van der Waals surface area contributed by atoms with E-state index >= 15 is 0 Å². The van der Waals surface area contributed by atoms with E-state index in [-0.39, 0.29) is 22.9 Å². The molecule has 1 aromatic rings. The van der Waals surface area contributed by atoms with E-state index < -0.39 is 21.8 Å². The number of rotatable bonds is 2. The summed E-state index contributed by atoms with van der Waals surface area (Å²) in [5.41, 5.74) is -0.724. The Labute approximate surface area is 134 Å². The van der Waals surface area contributed by atoms with Crippen molar-refractivity contribution in [2.75, 3.05) is 26.2 Å². The summed E-state index contributed by atoms with van der Waals surface area (Å²) < 4.78 is 64.3. The van der Waals surface area contributed by atoms with Gasteiger partial charge in [0.05, 0.1) is 10.5 Å². The van der Waals surface area contributed by atoms with E-state index in [1.54, 1.807) is 0 Å². The predicted molar refractivity (Wildman–Crippen MR) is 79.7 cm³/mol. The third kappa shape index (κ3) is 4.13. The van der Waals surface area contributed by atoms with Gasteiger partial charge in [0.2, 0.25) is 10.0 Å². The van der Waals surface area contributed by atoms with E-state index in [1.807, 2.05) is 0 Å². The third-order valence-electron chi connectivity index (χ3n) is 3.42. The monoisotopic (exact) mass is 358 g/mol. The van der Waals surface area contributed by atoms with Gasteiger partial charge in [-0.1, -0.05) is 0 Å². The largest absolute Gasteiger partial charge is 0.416 e. The Bertz CT molecular complexity index is 612. The summed E-state index contributed by atoms with van der Waals surface area (Å²) in [7, 11) is -3.75. The standard InChI is InChI=1S/C13H17F3N2O2S.ClH/c1-10-9-11(13(14,15)16)3-4-12(10)21(19,20)18-7-2-5-17-6-8-18;/h3-4,9,17H,2,5-8H2,1H3;1H. The van der Waals surface area contributed by atoms with E-state index in [2.05, 4.69) is 5.32 Å². The normalized spacial score (nSPS) is 17.6. The Morgan fingerprint density at radius 2 is 1.86 bits per heavy atom. The van der Waals surface area contributed by atoms with Crippen LogP contribution < -0.4 is 5.32 Å². The minimum absolute atomic E-state index is 0. The molecule has 0 aromatic heterocycles. The van der Waals surface area contributed by atoms with E-state index in [0.29, 0.717) is 26.1 Å². The molecule has 1 heterocycles. The molecule has 22 heavy (non-hydrogen) atoms. The quantitative estimate of drug-likeness (QED) is 0.883. The van der Waals surface area contributed by atoms with Crippen LogP contribution in [0.1, 0.15) is 17.5 Å². The van der Waals surface area contributed by atoms with Crippen LogP contribution in [0.2, 0.25) is 0 Å². The highest BCUT2D eigenvalue weighted by molar-refractivity contribution is 7.89. The SMILES string of the molecule is Cc1cc(C(F)(F)F)ccc1S(=O)(=O)N1CCCNCC1.Cl. The Hall–Kier alpha value is -0.830. The Kier molecular flexibility index (Phi) is 6.26. The highest BCUT2D eigenvalue weighted by Crippen LogP contribution is 2.32. The number of alkyl halides is 3. The number of benzene rings is 1. The van der Waals surface area contributed by atoms with Gasteiger partial charge in [0, 0.05) is 19.6 Å². The molecule has 0 aliphatic carbocycles. The van der Waals surface area contributed by atoms with Crippen LogP contribution in [0.25, 0.3) is 0 Å². The van der Waals surface area contributed by atoms with Crippen molar-refractivity contribution in [2.45, 2.75) is 24.4 Å². The fourth-order valence-electron chi connectivity index (χ4n) is 2.32. The van der Waals surface area contributed by atoms with Crippen LogP contribution in [0, 0.1) is 6.92 Å². The molecule has 9 heteroatoms. The van der Waals surface area contributed by atoms with Gasteiger partial charge < -0.3 is 5.32 Å². The van der Waals surface area contributed by atoms with Crippen LogP contribution in [0.15, 0.2) is 23.1 Å². The van der Waals surface area contributed by atoms with Crippen LogP contribution in [0.3, 0.4) is 0 Å². The van der Waals surface area contributed by atoms with Gasteiger partial charge in [0.25, 0.3) is 0 Å². The lowest BCUT2D eigenvalue weighted by Crippen LogP contribution is -2.34. The summed E-state index contributed by atoms with van der Waals surface area (Å²) in [6.07, 6.45) is -3.79. The number of sulfonamides is 1. The fourth-order valence-corrected chi connectivity index (χ4v) is 4.00. The summed E-state index contributed by atoms with van der Waals surface area (Å²) in [6, 6.07) is 2.74. The summed E-state index contributed by atoms with van der Waals surface area (Å²) >= 11 is 0. The first-order valence-corrected chi connectivity index (χ1v) is 8.05. The molecule has 2 rings (SSSR count). The number of nitrogens with zero attached hydrogens (tertiary/aromatic N) is 1. The van der Waals surface area contributed by atoms with Gasteiger partial charge >= 0.3 is 6.18 Å². The molecule has 0 amide bonds. The number of hydrogen-bond donors (Lipinski definition) is 1. The van der Waals surface area contributed by atoms with Crippen LogP contribution in [-0.2, 0) is 16.2 Å². The lowest BCUT2D eigenvalue weighted by atomic mass is 10.1. The maximum Gasteiger partial charge on any atom is 0.416 e. The molecule has 1 aromatic carbocycles. The minimum Gasteiger partial charge on any atom is -0.315 e. The molecule has 0 radical (unpaired) electrons. The van der Waals surface area contributed by atoms with Crippen molar-refractivity contribution in [3.63, 3.8) is 0 Å². The van der Waals surface area contributed by atoms with E-state index in [9.17, 15) is 21.6 Å². The molecule has 1 N–H and O–H groups in total. The molecular weight excluding hydrogens is 341 g/mol. The van der Waals surface area contributed by atoms with Gasteiger partial charge in [-0.3, -0.25) is 0 Å². The van der Waals surface area contributed by atoms with Gasteiger partial charge in [0.15, 0.2) is 0 Å². The highest BCUT2D eigenvalue weighted by Gasteiger charge is 2.33. The highest BCUT2D eigenvalue weighted by atomic mass is 35.5. The van der Waals surface area contributed by atoms with Gasteiger partial charge in [-0.2, -0.15) is 17.5 Å². The smallest absolute Gasteiger partial charge is 0.315 e. The molecule has 126 valence electrons. The molecule has 1 fully saturated rings. The lowest BCUT2D eigenvalue weighted by Gasteiger charge is -2.21. The second kappa shape index (κ2) is 7.16. The Morgan fingerprint density at radius 1 is 1.18 bits per heavy atom. The number of aryl methyl sites for hydroxylation is 1. The Balaban J connectivity index is 0.00000242. The lowest BCUT2D eigenvalue weighted by molar-refractivity contribution is -0.137. The molecular formula is C13H18ClF3N2O2S. The number of hydrogen-bond acceptors (Lipinski definition) is 3. The van der Waals surface area contributed by atoms with Crippen molar-refractivity contribution in [1.82, 2.24) is 9.62 Å². The van der Waals surface area contributed by atoms with Crippen LogP contribution in [0.5, 0.6) is 0 Å². The zero-order valence-electron chi connectivity index (χ0n) is 12.0. The summed E-state index contributed by atoms with van der Waals surface area (Å²) in [5.74, 6) is 0. The average Bonchev–Trinajstić information content (AvgIpc) is 2.66. The van der Waals surface area contributed by atoms with Gasteiger partial charge in [-0.05, 0) is 43.7 Å². The van der Waals surface area contributed by atoms with Crippen molar-refractivity contribution in [2.24, 2.45) is 0 Å². The number of nitrogens with one attached hydrogen (secondary N) is 1. The molecule has 0 spiro atoms. The van der Waals surface area contributed by atoms with Gasteiger partial charge in [0.1, 0.15) is 0 Å². The van der Waals surface area contributed by atoms with Crippen molar-refractivity contribution >= 4 is 22.4 Å². The van der Waals surface area contributed by atoms with Crippen molar-refractivity contribution < 1.29 is 21.6 Å². The van der Waals surface area contributed by atoms with Crippen LogP contribution in [0.4, 0.5) is 13.2 Å². The third-order valence-corrected chi connectivity index (χ3v) is 5.48.